The third-order valence-corrected chi connectivity index (χ3v) is 1.72. The summed E-state index contributed by atoms with van der Waals surface area (Å²) in [6, 6.07) is 0.168. The molecule has 3 N–H and O–H groups in total. The Bertz CT molecular complexity index is 187. The Morgan fingerprint density at radius 2 is 2.58 bits per heavy atom. The van der Waals surface area contributed by atoms with Crippen molar-refractivity contribution in [2.24, 2.45) is 5.73 Å². The van der Waals surface area contributed by atoms with Crippen molar-refractivity contribution < 1.29 is 4.74 Å². The van der Waals surface area contributed by atoms with Gasteiger partial charge in [0.2, 0.25) is 0 Å². The van der Waals surface area contributed by atoms with Gasteiger partial charge in [-0.25, -0.2) is 0 Å². The second kappa shape index (κ2) is 4.95. The van der Waals surface area contributed by atoms with E-state index in [4.69, 9.17) is 10.5 Å². The van der Waals surface area contributed by atoms with Gasteiger partial charge in [-0.3, -0.25) is 0 Å². The molecule has 0 aromatic rings. The zero-order chi connectivity index (χ0) is 8.81. The van der Waals surface area contributed by atoms with Crippen molar-refractivity contribution >= 4 is 0 Å². The van der Waals surface area contributed by atoms with Crippen LogP contribution in [0, 0.1) is 0 Å². The van der Waals surface area contributed by atoms with Crippen LogP contribution in [0.5, 0.6) is 0 Å². The number of hydrogen-bond donors (Lipinski definition) is 2. The van der Waals surface area contributed by atoms with Crippen LogP contribution >= 0.6 is 0 Å². The van der Waals surface area contributed by atoms with E-state index in [0.29, 0.717) is 6.61 Å². The van der Waals surface area contributed by atoms with E-state index < -0.39 is 0 Å². The average molecular weight is 168 g/mol. The molecular weight excluding hydrogens is 152 g/mol. The summed E-state index contributed by atoms with van der Waals surface area (Å²) in [5.74, 6) is 0.937. The summed E-state index contributed by atoms with van der Waals surface area (Å²) in [7, 11) is 1.91. The Labute approximate surface area is 73.3 Å². The molecular formula is C9H16N2O. The molecule has 1 aliphatic carbocycles. The first-order valence-corrected chi connectivity index (χ1v) is 4.24. The first-order valence-electron chi connectivity index (χ1n) is 4.24. The maximum Gasteiger partial charge on any atom is 0.115 e. The number of ether oxygens (including phenoxy) is 1. The van der Waals surface area contributed by atoms with Crippen molar-refractivity contribution in [3.63, 3.8) is 0 Å². The van der Waals surface area contributed by atoms with Crippen LogP contribution in [0.3, 0.4) is 0 Å². The van der Waals surface area contributed by atoms with Gasteiger partial charge in [-0.05, 0) is 25.6 Å². The van der Waals surface area contributed by atoms with Crippen LogP contribution in [0.1, 0.15) is 6.42 Å². The predicted octanol–water partition coefficient (Wildman–Crippen LogP) is 0.394. The molecule has 3 heteroatoms. The van der Waals surface area contributed by atoms with Gasteiger partial charge < -0.3 is 15.8 Å². The van der Waals surface area contributed by atoms with E-state index in [0.717, 1.165) is 18.7 Å². The minimum Gasteiger partial charge on any atom is -0.493 e. The molecule has 0 saturated carbocycles. The van der Waals surface area contributed by atoms with E-state index in [2.05, 4.69) is 5.32 Å². The molecule has 1 aliphatic rings. The van der Waals surface area contributed by atoms with Crippen LogP contribution in [0.25, 0.3) is 0 Å². The van der Waals surface area contributed by atoms with Crippen molar-refractivity contribution in [1.29, 1.82) is 0 Å². The fraction of sp³-hybridized carbons (Fsp3) is 0.556. The number of rotatable bonds is 4. The monoisotopic (exact) mass is 168 g/mol. The second-order valence-corrected chi connectivity index (χ2v) is 2.82. The smallest absolute Gasteiger partial charge is 0.115 e. The summed E-state index contributed by atoms with van der Waals surface area (Å²) in [6.45, 7) is 1.58. The lowest BCUT2D eigenvalue weighted by molar-refractivity contribution is 0.224. The molecule has 0 heterocycles. The van der Waals surface area contributed by atoms with Gasteiger partial charge in [0.15, 0.2) is 0 Å². The van der Waals surface area contributed by atoms with Crippen LogP contribution in [-0.2, 0) is 4.74 Å². The molecule has 0 fully saturated rings. The van der Waals surface area contributed by atoms with Gasteiger partial charge in [0.05, 0.1) is 0 Å². The van der Waals surface area contributed by atoms with Crippen molar-refractivity contribution in [2.75, 3.05) is 20.2 Å². The standard InChI is InChI=1S/C9H16N2O/c1-11-6-7-12-9-4-2-8(10)3-5-9/h2,4-5,8,11H,3,6-7,10H2,1H3. The summed E-state index contributed by atoms with van der Waals surface area (Å²) >= 11 is 0. The number of nitrogens with two attached hydrogens (primary N) is 1. The Kier molecular flexibility index (Phi) is 3.84. The SMILES string of the molecule is CNCCOC1=CCC(N)C=C1. The zero-order valence-electron chi connectivity index (χ0n) is 7.42. The molecule has 0 spiro atoms. The minimum atomic E-state index is 0.168. The molecule has 1 rings (SSSR count). The van der Waals surface area contributed by atoms with Gasteiger partial charge in [0.25, 0.3) is 0 Å². The van der Waals surface area contributed by atoms with Crippen molar-refractivity contribution in [1.82, 2.24) is 5.32 Å². The largest absolute Gasteiger partial charge is 0.493 e. The Morgan fingerprint density at radius 1 is 1.75 bits per heavy atom. The zero-order valence-corrected chi connectivity index (χ0v) is 7.42. The van der Waals surface area contributed by atoms with Crippen molar-refractivity contribution in [2.45, 2.75) is 12.5 Å². The topological polar surface area (TPSA) is 47.3 Å². The molecule has 3 nitrogen and oxygen atoms in total. The van der Waals surface area contributed by atoms with Crippen molar-refractivity contribution in [3.05, 3.63) is 24.0 Å². The van der Waals surface area contributed by atoms with E-state index in [-0.39, 0.29) is 6.04 Å². The van der Waals surface area contributed by atoms with Crippen LogP contribution in [0.4, 0.5) is 0 Å². The Balaban J connectivity index is 2.21. The third kappa shape index (κ3) is 3.07. The molecule has 0 aromatic carbocycles. The van der Waals surface area contributed by atoms with E-state index in [1.54, 1.807) is 0 Å². The summed E-state index contributed by atoms with van der Waals surface area (Å²) in [5.41, 5.74) is 5.65. The second-order valence-electron chi connectivity index (χ2n) is 2.82. The highest BCUT2D eigenvalue weighted by atomic mass is 16.5. The lowest BCUT2D eigenvalue weighted by Gasteiger charge is -2.12. The molecule has 1 unspecified atom stereocenters. The van der Waals surface area contributed by atoms with Crippen LogP contribution < -0.4 is 11.1 Å². The maximum atomic E-state index is 5.65. The van der Waals surface area contributed by atoms with E-state index >= 15 is 0 Å². The lowest BCUT2D eigenvalue weighted by Crippen LogP contribution is -2.19. The Morgan fingerprint density at radius 3 is 3.17 bits per heavy atom. The van der Waals surface area contributed by atoms with E-state index in [1.807, 2.05) is 25.3 Å². The van der Waals surface area contributed by atoms with Crippen molar-refractivity contribution in [3.8, 4) is 0 Å². The quantitative estimate of drug-likeness (QED) is 0.597. The normalized spacial score (nSPS) is 22.2. The fourth-order valence-corrected chi connectivity index (χ4v) is 0.995. The highest BCUT2D eigenvalue weighted by Gasteiger charge is 2.03. The minimum absolute atomic E-state index is 0.168. The predicted molar refractivity (Wildman–Crippen MR) is 49.7 cm³/mol. The first-order chi connectivity index (χ1) is 5.83. The van der Waals surface area contributed by atoms with Gasteiger partial charge in [-0.1, -0.05) is 6.08 Å². The maximum absolute atomic E-state index is 5.65. The van der Waals surface area contributed by atoms with Gasteiger partial charge in [-0.2, -0.15) is 0 Å². The summed E-state index contributed by atoms with van der Waals surface area (Å²) < 4.78 is 5.43. The number of hydrogen-bond acceptors (Lipinski definition) is 3. The molecule has 0 bridgehead atoms. The third-order valence-electron chi connectivity index (χ3n) is 1.72. The summed E-state index contributed by atoms with van der Waals surface area (Å²) in [5, 5.41) is 3.02. The van der Waals surface area contributed by atoms with E-state index in [9.17, 15) is 0 Å². The number of likely N-dealkylation sites (N-methyl/N-ethyl adjacent to an activating group) is 1. The molecule has 0 radical (unpaired) electrons. The first kappa shape index (κ1) is 9.29. The molecule has 68 valence electrons. The van der Waals surface area contributed by atoms with Crippen LogP contribution in [-0.4, -0.2) is 26.2 Å². The van der Waals surface area contributed by atoms with Gasteiger partial charge in [0.1, 0.15) is 12.4 Å². The lowest BCUT2D eigenvalue weighted by atomic mass is 10.1. The fourth-order valence-electron chi connectivity index (χ4n) is 0.995. The molecule has 0 aromatic heterocycles. The molecule has 0 saturated heterocycles. The molecule has 12 heavy (non-hydrogen) atoms. The summed E-state index contributed by atoms with van der Waals surface area (Å²) in [6.07, 6.45) is 6.81. The number of allylic oxidation sites excluding steroid dienone is 1. The summed E-state index contributed by atoms with van der Waals surface area (Å²) in [4.78, 5) is 0. The Hall–Kier alpha value is -0.800. The van der Waals surface area contributed by atoms with Gasteiger partial charge >= 0.3 is 0 Å². The van der Waals surface area contributed by atoms with Crippen LogP contribution in [0.2, 0.25) is 0 Å². The van der Waals surface area contributed by atoms with Crippen LogP contribution in [0.15, 0.2) is 24.0 Å². The highest BCUT2D eigenvalue weighted by Crippen LogP contribution is 2.09. The van der Waals surface area contributed by atoms with Gasteiger partial charge in [0, 0.05) is 12.6 Å². The molecule has 0 aliphatic heterocycles. The highest BCUT2D eigenvalue weighted by molar-refractivity contribution is 5.19. The average Bonchev–Trinajstić information content (AvgIpc) is 2.09. The van der Waals surface area contributed by atoms with E-state index in [1.165, 1.54) is 0 Å². The van der Waals surface area contributed by atoms with Gasteiger partial charge in [-0.15, -0.1) is 0 Å². The number of nitrogens with one attached hydrogen (secondary N) is 1. The molecule has 1 atom stereocenters. The molecule has 0 amide bonds.